The Bertz CT molecular complexity index is 1080. The number of furan rings is 1. The lowest BCUT2D eigenvalue weighted by atomic mass is 10.1. The van der Waals surface area contributed by atoms with Crippen molar-refractivity contribution in [1.29, 1.82) is 0 Å². The summed E-state index contributed by atoms with van der Waals surface area (Å²) < 4.78 is 5.44. The molecule has 0 saturated carbocycles. The molecule has 142 valence electrons. The summed E-state index contributed by atoms with van der Waals surface area (Å²) in [6, 6.07) is 14.8. The number of anilines is 1. The van der Waals surface area contributed by atoms with E-state index in [0.29, 0.717) is 39.1 Å². The number of halogens is 1. The Kier molecular flexibility index (Phi) is 5.81. The lowest BCUT2D eigenvalue weighted by Gasteiger charge is -2.10. The molecule has 0 bridgehead atoms. The van der Waals surface area contributed by atoms with E-state index in [1.165, 1.54) is 0 Å². The van der Waals surface area contributed by atoms with Gasteiger partial charge in [-0.3, -0.25) is 4.79 Å². The normalized spacial score (nSPS) is 11.4. The van der Waals surface area contributed by atoms with E-state index < -0.39 is 0 Å². The highest BCUT2D eigenvalue weighted by atomic mass is 35.5. The summed E-state index contributed by atoms with van der Waals surface area (Å²) in [4.78, 5) is 17.3. The number of rotatable bonds is 5. The molecule has 1 heterocycles. The van der Waals surface area contributed by atoms with Gasteiger partial charge in [0.2, 0.25) is 0 Å². The molecule has 0 atom stereocenters. The third kappa shape index (κ3) is 4.24. The van der Waals surface area contributed by atoms with Crippen LogP contribution in [0.25, 0.3) is 0 Å². The zero-order valence-electron chi connectivity index (χ0n) is 16.0. The fraction of sp³-hybridized carbons (Fsp3) is 0.130. The highest BCUT2D eigenvalue weighted by Gasteiger charge is 2.15. The van der Waals surface area contributed by atoms with Crippen LogP contribution in [0.15, 0.2) is 70.6 Å². The highest BCUT2D eigenvalue weighted by Crippen LogP contribution is 2.26. The van der Waals surface area contributed by atoms with Crippen molar-refractivity contribution in [1.82, 2.24) is 0 Å². The van der Waals surface area contributed by atoms with Gasteiger partial charge < -0.3 is 9.73 Å². The van der Waals surface area contributed by atoms with Crippen LogP contribution < -0.4 is 5.32 Å². The predicted octanol–water partition coefficient (Wildman–Crippen LogP) is 6.42. The maximum absolute atomic E-state index is 12.6. The number of hydrogen-bond donors (Lipinski definition) is 1. The van der Waals surface area contributed by atoms with E-state index in [2.05, 4.69) is 11.9 Å². The minimum atomic E-state index is -0.237. The number of para-hydroxylation sites is 1. The molecule has 0 saturated heterocycles. The molecule has 4 nitrogen and oxygen atoms in total. The molecular weight excluding hydrogens is 372 g/mol. The van der Waals surface area contributed by atoms with Crippen molar-refractivity contribution in [3.05, 3.63) is 94.4 Å². The molecule has 28 heavy (non-hydrogen) atoms. The molecule has 0 aliphatic heterocycles. The maximum atomic E-state index is 12.6. The molecule has 5 heteroatoms. The van der Waals surface area contributed by atoms with Crippen LogP contribution in [0.4, 0.5) is 11.4 Å². The molecule has 0 radical (unpaired) electrons. The lowest BCUT2D eigenvalue weighted by molar-refractivity contribution is 0.102. The Labute approximate surface area is 169 Å². The highest BCUT2D eigenvalue weighted by molar-refractivity contribution is 6.35. The first kappa shape index (κ1) is 19.6. The van der Waals surface area contributed by atoms with Crippen LogP contribution in [0.2, 0.25) is 5.02 Å². The van der Waals surface area contributed by atoms with Crippen molar-refractivity contribution in [2.45, 2.75) is 20.8 Å². The molecule has 1 aromatic heterocycles. The zero-order chi connectivity index (χ0) is 20.3. The minimum Gasteiger partial charge on any atom is -0.466 e. The van der Waals surface area contributed by atoms with E-state index in [1.807, 2.05) is 38.1 Å². The van der Waals surface area contributed by atoms with Gasteiger partial charge in [0.15, 0.2) is 0 Å². The van der Waals surface area contributed by atoms with Gasteiger partial charge in [-0.05, 0) is 62.7 Å². The Morgan fingerprint density at radius 1 is 1.11 bits per heavy atom. The van der Waals surface area contributed by atoms with Gasteiger partial charge in [-0.2, -0.15) is 0 Å². The number of aryl methyl sites for hydroxylation is 3. The fourth-order valence-corrected chi connectivity index (χ4v) is 3.10. The summed E-state index contributed by atoms with van der Waals surface area (Å²) in [6.45, 7) is 9.43. The quantitative estimate of drug-likeness (QED) is 0.509. The van der Waals surface area contributed by atoms with Crippen molar-refractivity contribution in [2.75, 3.05) is 5.32 Å². The molecule has 0 unspecified atom stereocenters. The Balaban J connectivity index is 1.94. The van der Waals surface area contributed by atoms with Crippen molar-refractivity contribution in [2.24, 2.45) is 4.99 Å². The van der Waals surface area contributed by atoms with E-state index in [4.69, 9.17) is 21.0 Å². The molecule has 0 spiro atoms. The largest absolute Gasteiger partial charge is 0.466 e. The van der Waals surface area contributed by atoms with Crippen LogP contribution in [0.5, 0.6) is 0 Å². The summed E-state index contributed by atoms with van der Waals surface area (Å²) in [5, 5.41) is 3.42. The Morgan fingerprint density at radius 2 is 1.86 bits per heavy atom. The molecule has 2 aromatic carbocycles. The zero-order valence-corrected chi connectivity index (χ0v) is 16.8. The van der Waals surface area contributed by atoms with Crippen molar-refractivity contribution in [3.8, 4) is 0 Å². The predicted molar refractivity (Wildman–Crippen MR) is 115 cm³/mol. The minimum absolute atomic E-state index is 0.237. The van der Waals surface area contributed by atoms with Gasteiger partial charge >= 0.3 is 0 Å². The van der Waals surface area contributed by atoms with Crippen molar-refractivity contribution >= 4 is 34.6 Å². The Morgan fingerprint density at radius 3 is 2.50 bits per heavy atom. The van der Waals surface area contributed by atoms with Crippen LogP contribution in [-0.2, 0) is 0 Å². The smallest absolute Gasteiger partial charge is 0.259 e. The van der Waals surface area contributed by atoms with E-state index in [0.717, 1.165) is 11.3 Å². The molecule has 1 amide bonds. The first-order valence-corrected chi connectivity index (χ1v) is 9.22. The van der Waals surface area contributed by atoms with Crippen molar-refractivity contribution < 1.29 is 9.21 Å². The number of nitrogens with zero attached hydrogens (tertiary/aromatic N) is 1. The number of aliphatic imine (C=N–C) groups is 1. The van der Waals surface area contributed by atoms with E-state index in [-0.39, 0.29) is 5.91 Å². The van der Waals surface area contributed by atoms with E-state index in [9.17, 15) is 4.79 Å². The van der Waals surface area contributed by atoms with Gasteiger partial charge in [-0.15, -0.1) is 0 Å². The van der Waals surface area contributed by atoms with Crippen LogP contribution in [0, 0.1) is 20.8 Å². The number of carbonyl (C=O) groups excluding carboxylic acids is 1. The van der Waals surface area contributed by atoms with Crippen LogP contribution in [-0.4, -0.2) is 11.6 Å². The number of allylic oxidation sites excluding steroid dienone is 1. The summed E-state index contributed by atoms with van der Waals surface area (Å²) in [6.07, 6.45) is 1.66. The standard InChI is InChI=1S/C23H21ClN2O2/c1-5-21(26-22-9-7-6-8-14(22)2)19-13-17(10-11-20(19)24)25-23(27)18-12-15(3)28-16(18)4/h5-13H,1H2,2-4H3,(H,25,27). The molecule has 0 fully saturated rings. The number of hydrogen-bond acceptors (Lipinski definition) is 3. The maximum Gasteiger partial charge on any atom is 0.259 e. The first-order chi connectivity index (χ1) is 13.4. The number of benzene rings is 2. The Hall–Kier alpha value is -3.11. The third-order valence-corrected chi connectivity index (χ3v) is 4.67. The molecule has 0 aliphatic rings. The lowest BCUT2D eigenvalue weighted by Crippen LogP contribution is -2.12. The van der Waals surface area contributed by atoms with Gasteiger partial charge in [0.1, 0.15) is 11.5 Å². The first-order valence-electron chi connectivity index (χ1n) is 8.84. The van der Waals surface area contributed by atoms with Crippen LogP contribution in [0.1, 0.15) is 33.0 Å². The monoisotopic (exact) mass is 392 g/mol. The van der Waals surface area contributed by atoms with Gasteiger partial charge in [0.05, 0.1) is 22.0 Å². The number of nitrogens with one attached hydrogen (secondary N) is 1. The molecule has 3 rings (SSSR count). The summed E-state index contributed by atoms with van der Waals surface area (Å²) in [5.74, 6) is 1.04. The van der Waals surface area contributed by atoms with Crippen LogP contribution >= 0.6 is 11.6 Å². The number of amides is 1. The summed E-state index contributed by atoms with van der Waals surface area (Å²) in [5.41, 5.74) is 4.33. The summed E-state index contributed by atoms with van der Waals surface area (Å²) >= 11 is 6.40. The molecule has 1 N–H and O–H groups in total. The number of carbonyl (C=O) groups is 1. The second-order valence-electron chi connectivity index (χ2n) is 6.46. The van der Waals surface area contributed by atoms with Crippen molar-refractivity contribution in [3.63, 3.8) is 0 Å². The van der Waals surface area contributed by atoms with Gasteiger partial charge in [-0.1, -0.05) is 36.4 Å². The SMILES string of the molecule is C=CC(=Nc1ccccc1C)c1cc(NC(=O)c2cc(C)oc2C)ccc1Cl. The van der Waals surface area contributed by atoms with E-state index in [1.54, 1.807) is 37.3 Å². The molecule has 0 aliphatic carbocycles. The topological polar surface area (TPSA) is 54.6 Å². The van der Waals surface area contributed by atoms with E-state index >= 15 is 0 Å². The molecule has 3 aromatic rings. The third-order valence-electron chi connectivity index (χ3n) is 4.34. The second-order valence-corrected chi connectivity index (χ2v) is 6.87. The van der Waals surface area contributed by atoms with Gasteiger partial charge in [0.25, 0.3) is 5.91 Å². The fourth-order valence-electron chi connectivity index (χ4n) is 2.89. The van der Waals surface area contributed by atoms with Crippen LogP contribution in [0.3, 0.4) is 0 Å². The summed E-state index contributed by atoms with van der Waals surface area (Å²) in [7, 11) is 0. The second kappa shape index (κ2) is 8.28. The average Bonchev–Trinajstić information content (AvgIpc) is 3.01. The molecular formula is C23H21ClN2O2. The van der Waals surface area contributed by atoms with Gasteiger partial charge in [-0.25, -0.2) is 4.99 Å². The average molecular weight is 393 g/mol. The van der Waals surface area contributed by atoms with Gasteiger partial charge in [0, 0.05) is 11.3 Å².